The molecule has 2 aromatic rings. The molecule has 26 heavy (non-hydrogen) atoms. The number of methoxy groups -OCH3 is 1. The lowest BCUT2D eigenvalue weighted by atomic mass is 10.2. The van der Waals surface area contributed by atoms with Crippen LogP contribution in [0.25, 0.3) is 0 Å². The summed E-state index contributed by atoms with van der Waals surface area (Å²) in [6, 6.07) is 14.0. The van der Waals surface area contributed by atoms with Gasteiger partial charge in [0.2, 0.25) is 0 Å². The van der Waals surface area contributed by atoms with Gasteiger partial charge in [-0.1, -0.05) is 24.3 Å². The lowest BCUT2D eigenvalue weighted by molar-refractivity contribution is -0.124. The zero-order chi connectivity index (χ0) is 18.8. The summed E-state index contributed by atoms with van der Waals surface area (Å²) in [5.41, 5.74) is 1.76. The first-order valence-corrected chi connectivity index (χ1v) is 8.14. The second kappa shape index (κ2) is 10.0. The average Bonchev–Trinajstić information content (AvgIpc) is 2.69. The molecule has 7 nitrogen and oxygen atoms in total. The third-order valence-corrected chi connectivity index (χ3v) is 3.56. The van der Waals surface area contributed by atoms with E-state index in [0.717, 1.165) is 11.3 Å². The largest absolute Gasteiger partial charge is 0.497 e. The summed E-state index contributed by atoms with van der Waals surface area (Å²) < 4.78 is 10.1. The third kappa shape index (κ3) is 5.78. The van der Waals surface area contributed by atoms with E-state index in [-0.39, 0.29) is 13.2 Å². The van der Waals surface area contributed by atoms with Crippen LogP contribution in [0.1, 0.15) is 15.9 Å². The van der Waals surface area contributed by atoms with Crippen molar-refractivity contribution in [3.8, 4) is 5.75 Å². The van der Waals surface area contributed by atoms with Crippen molar-refractivity contribution in [2.75, 3.05) is 32.2 Å². The van der Waals surface area contributed by atoms with Crippen LogP contribution in [0.15, 0.2) is 48.5 Å². The molecule has 0 saturated carbocycles. The van der Waals surface area contributed by atoms with Crippen LogP contribution in [0.4, 0.5) is 5.69 Å². The Morgan fingerprint density at radius 3 is 2.50 bits per heavy atom. The van der Waals surface area contributed by atoms with E-state index >= 15 is 0 Å². The van der Waals surface area contributed by atoms with Crippen LogP contribution in [-0.2, 0) is 16.1 Å². The van der Waals surface area contributed by atoms with Gasteiger partial charge in [-0.3, -0.25) is 4.79 Å². The normalized spacial score (nSPS) is 10.1. The Morgan fingerprint density at radius 2 is 1.81 bits per heavy atom. The number of carbonyl (C=O) groups excluding carboxylic acids is 2. The molecule has 3 N–H and O–H groups in total. The summed E-state index contributed by atoms with van der Waals surface area (Å²) in [6.45, 7) is 0.210. The maximum atomic E-state index is 12.2. The van der Waals surface area contributed by atoms with Crippen LogP contribution in [0.3, 0.4) is 0 Å². The van der Waals surface area contributed by atoms with Crippen molar-refractivity contribution in [2.24, 2.45) is 0 Å². The number of aliphatic hydroxyl groups is 1. The minimum absolute atomic E-state index is 0.0584. The van der Waals surface area contributed by atoms with Crippen molar-refractivity contribution in [1.82, 2.24) is 5.32 Å². The van der Waals surface area contributed by atoms with Crippen molar-refractivity contribution in [1.29, 1.82) is 0 Å². The maximum Gasteiger partial charge on any atom is 0.340 e. The number of hydrogen-bond donors (Lipinski definition) is 3. The highest BCUT2D eigenvalue weighted by atomic mass is 16.5. The van der Waals surface area contributed by atoms with Crippen LogP contribution < -0.4 is 15.4 Å². The van der Waals surface area contributed by atoms with Gasteiger partial charge in [0, 0.05) is 18.8 Å². The number of anilines is 1. The molecule has 0 unspecified atom stereocenters. The number of amides is 1. The summed E-state index contributed by atoms with van der Waals surface area (Å²) >= 11 is 0. The zero-order valence-corrected chi connectivity index (χ0v) is 14.5. The summed E-state index contributed by atoms with van der Waals surface area (Å²) in [5, 5.41) is 14.5. The fourth-order valence-electron chi connectivity index (χ4n) is 2.21. The quantitative estimate of drug-likeness (QED) is 0.589. The van der Waals surface area contributed by atoms with Crippen molar-refractivity contribution >= 4 is 17.6 Å². The second-order valence-corrected chi connectivity index (χ2v) is 5.40. The molecule has 0 aromatic heterocycles. The van der Waals surface area contributed by atoms with Crippen LogP contribution in [0.2, 0.25) is 0 Å². The topological polar surface area (TPSA) is 96.9 Å². The molecule has 0 heterocycles. The molecule has 1 amide bonds. The summed E-state index contributed by atoms with van der Waals surface area (Å²) in [5.74, 6) is -0.261. The van der Waals surface area contributed by atoms with Gasteiger partial charge in [-0.05, 0) is 29.8 Å². The highest BCUT2D eigenvalue weighted by Crippen LogP contribution is 2.16. The Morgan fingerprint density at radius 1 is 1.08 bits per heavy atom. The number of ether oxygens (including phenoxy) is 2. The second-order valence-electron chi connectivity index (χ2n) is 5.40. The SMILES string of the molecule is COc1ccc(CNC(=O)COC(=O)c2ccccc2NCCO)cc1. The standard InChI is InChI=1S/C19H22N2O5/c1-25-15-8-6-14(7-9-15)12-21-18(23)13-26-19(24)16-4-2-3-5-17(16)20-10-11-22/h2-9,20,22H,10-13H2,1H3,(H,21,23). The number of esters is 1. The van der Waals surface area contributed by atoms with Gasteiger partial charge in [-0.15, -0.1) is 0 Å². The molecule has 0 atom stereocenters. The van der Waals surface area contributed by atoms with Gasteiger partial charge in [-0.2, -0.15) is 0 Å². The lowest BCUT2D eigenvalue weighted by Crippen LogP contribution is -2.28. The molecule has 0 aliphatic carbocycles. The summed E-state index contributed by atoms with van der Waals surface area (Å²) in [6.07, 6.45) is 0. The number of benzene rings is 2. The summed E-state index contributed by atoms with van der Waals surface area (Å²) in [7, 11) is 1.59. The number of para-hydroxylation sites is 1. The molecular formula is C19H22N2O5. The van der Waals surface area contributed by atoms with E-state index in [4.69, 9.17) is 14.6 Å². The van der Waals surface area contributed by atoms with Gasteiger partial charge in [0.05, 0.1) is 19.3 Å². The van der Waals surface area contributed by atoms with Crippen LogP contribution in [-0.4, -0.2) is 43.9 Å². The number of carbonyl (C=O) groups is 2. The van der Waals surface area contributed by atoms with Crippen LogP contribution >= 0.6 is 0 Å². The molecule has 7 heteroatoms. The summed E-state index contributed by atoms with van der Waals surface area (Å²) in [4.78, 5) is 24.0. The number of aliphatic hydroxyl groups excluding tert-OH is 1. The molecule has 0 bridgehead atoms. The fraction of sp³-hybridized carbons (Fsp3) is 0.263. The molecule has 0 saturated heterocycles. The van der Waals surface area contributed by atoms with Crippen molar-refractivity contribution in [2.45, 2.75) is 6.54 Å². The van der Waals surface area contributed by atoms with Gasteiger partial charge < -0.3 is 25.2 Å². The number of rotatable bonds is 9. The number of hydrogen-bond acceptors (Lipinski definition) is 6. The zero-order valence-electron chi connectivity index (χ0n) is 14.5. The smallest absolute Gasteiger partial charge is 0.340 e. The molecule has 138 valence electrons. The molecule has 0 spiro atoms. The van der Waals surface area contributed by atoms with Gasteiger partial charge >= 0.3 is 5.97 Å². The Balaban J connectivity index is 1.82. The minimum atomic E-state index is -0.606. The highest BCUT2D eigenvalue weighted by molar-refractivity contribution is 5.96. The molecule has 0 aliphatic rings. The Kier molecular flexibility index (Phi) is 7.45. The van der Waals surface area contributed by atoms with E-state index in [1.54, 1.807) is 43.5 Å². The van der Waals surface area contributed by atoms with Crippen molar-refractivity contribution in [3.63, 3.8) is 0 Å². The van der Waals surface area contributed by atoms with E-state index in [1.807, 2.05) is 12.1 Å². The van der Waals surface area contributed by atoms with Crippen molar-refractivity contribution < 1.29 is 24.2 Å². The predicted octanol–water partition coefficient (Wildman–Crippen LogP) is 1.57. The molecule has 0 fully saturated rings. The Bertz CT molecular complexity index is 731. The molecule has 0 radical (unpaired) electrons. The lowest BCUT2D eigenvalue weighted by Gasteiger charge is -2.11. The molecule has 0 aliphatic heterocycles. The maximum absolute atomic E-state index is 12.2. The Hall–Kier alpha value is -3.06. The first kappa shape index (κ1) is 19.3. The average molecular weight is 358 g/mol. The van der Waals surface area contributed by atoms with E-state index in [0.29, 0.717) is 24.3 Å². The van der Waals surface area contributed by atoms with Gasteiger partial charge in [-0.25, -0.2) is 4.79 Å². The van der Waals surface area contributed by atoms with E-state index in [1.165, 1.54) is 0 Å². The highest BCUT2D eigenvalue weighted by Gasteiger charge is 2.14. The van der Waals surface area contributed by atoms with Crippen molar-refractivity contribution in [3.05, 3.63) is 59.7 Å². The third-order valence-electron chi connectivity index (χ3n) is 3.56. The number of nitrogens with one attached hydrogen (secondary N) is 2. The van der Waals surface area contributed by atoms with E-state index < -0.39 is 11.9 Å². The van der Waals surface area contributed by atoms with E-state index in [2.05, 4.69) is 10.6 Å². The molecule has 2 rings (SSSR count). The fourth-order valence-corrected chi connectivity index (χ4v) is 2.21. The predicted molar refractivity (Wildman–Crippen MR) is 97.1 cm³/mol. The van der Waals surface area contributed by atoms with E-state index in [9.17, 15) is 9.59 Å². The first-order chi connectivity index (χ1) is 12.6. The monoisotopic (exact) mass is 358 g/mol. The van der Waals surface area contributed by atoms with Gasteiger partial charge in [0.25, 0.3) is 5.91 Å². The van der Waals surface area contributed by atoms with Gasteiger partial charge in [0.15, 0.2) is 6.61 Å². The minimum Gasteiger partial charge on any atom is -0.497 e. The molecule has 2 aromatic carbocycles. The van der Waals surface area contributed by atoms with Crippen LogP contribution in [0.5, 0.6) is 5.75 Å². The first-order valence-electron chi connectivity index (χ1n) is 8.14. The van der Waals surface area contributed by atoms with Crippen LogP contribution in [0, 0.1) is 0 Å². The molecular weight excluding hydrogens is 336 g/mol. The Labute approximate surface area is 151 Å². The van der Waals surface area contributed by atoms with Gasteiger partial charge in [0.1, 0.15) is 5.75 Å².